The number of hydrogen-bond donors (Lipinski definition) is 1. The number of halogens is 2. The van der Waals surface area contributed by atoms with E-state index < -0.39 is 5.97 Å². The second-order valence-corrected chi connectivity index (χ2v) is 4.91. The molecule has 1 aromatic rings. The molecule has 0 aliphatic carbocycles. The highest BCUT2D eigenvalue weighted by Gasteiger charge is 2.11. The predicted octanol–water partition coefficient (Wildman–Crippen LogP) is 3.91. The van der Waals surface area contributed by atoms with E-state index in [0.29, 0.717) is 23.8 Å². The third kappa shape index (κ3) is 4.56. The zero-order chi connectivity index (χ0) is 12.8. The molecule has 17 heavy (non-hydrogen) atoms. The van der Waals surface area contributed by atoms with Crippen molar-refractivity contribution < 1.29 is 14.6 Å². The Hall–Kier alpha value is -0.740. The van der Waals surface area contributed by atoms with E-state index in [1.165, 1.54) is 0 Å². The summed E-state index contributed by atoms with van der Waals surface area (Å²) in [6.07, 6.45) is 1.37. The molecule has 0 atom stereocenters. The van der Waals surface area contributed by atoms with Crippen LogP contribution in [-0.2, 0) is 11.2 Å². The van der Waals surface area contributed by atoms with Gasteiger partial charge >= 0.3 is 5.97 Å². The molecule has 0 radical (unpaired) electrons. The van der Waals surface area contributed by atoms with E-state index in [-0.39, 0.29) is 6.42 Å². The fourth-order valence-electron chi connectivity index (χ4n) is 1.41. The number of rotatable bonds is 6. The van der Waals surface area contributed by atoms with Crippen molar-refractivity contribution in [2.24, 2.45) is 0 Å². The van der Waals surface area contributed by atoms with Crippen molar-refractivity contribution >= 4 is 33.5 Å². The van der Waals surface area contributed by atoms with Gasteiger partial charge in [-0.3, -0.25) is 4.79 Å². The van der Waals surface area contributed by atoms with Crippen LogP contribution in [0.4, 0.5) is 0 Å². The predicted molar refractivity (Wildman–Crippen MR) is 70.9 cm³/mol. The van der Waals surface area contributed by atoms with Crippen LogP contribution >= 0.6 is 27.5 Å². The lowest BCUT2D eigenvalue weighted by atomic mass is 10.1. The molecule has 0 spiro atoms. The van der Waals surface area contributed by atoms with Crippen LogP contribution in [0.1, 0.15) is 25.3 Å². The van der Waals surface area contributed by atoms with Gasteiger partial charge in [0.15, 0.2) is 0 Å². The third-order valence-corrected chi connectivity index (χ3v) is 2.95. The van der Waals surface area contributed by atoms with Crippen LogP contribution in [0.5, 0.6) is 5.75 Å². The van der Waals surface area contributed by atoms with Crippen molar-refractivity contribution in [3.63, 3.8) is 0 Å². The Morgan fingerprint density at radius 1 is 1.53 bits per heavy atom. The maximum Gasteiger partial charge on any atom is 0.303 e. The van der Waals surface area contributed by atoms with E-state index in [1.807, 2.05) is 6.92 Å². The zero-order valence-electron chi connectivity index (χ0n) is 9.50. The average Bonchev–Trinajstić information content (AvgIpc) is 2.24. The summed E-state index contributed by atoms with van der Waals surface area (Å²) in [5.74, 6) is -0.139. The first-order chi connectivity index (χ1) is 8.04. The monoisotopic (exact) mass is 320 g/mol. The van der Waals surface area contributed by atoms with E-state index in [4.69, 9.17) is 21.4 Å². The number of carboxylic acid groups (broad SMARTS) is 1. The molecule has 0 unspecified atom stereocenters. The maximum atomic E-state index is 10.6. The van der Waals surface area contributed by atoms with Gasteiger partial charge in [-0.1, -0.05) is 18.5 Å². The van der Waals surface area contributed by atoms with E-state index in [9.17, 15) is 4.79 Å². The summed E-state index contributed by atoms with van der Waals surface area (Å²) in [7, 11) is 0. The first-order valence-corrected chi connectivity index (χ1v) is 6.54. The van der Waals surface area contributed by atoms with Crippen LogP contribution in [0.25, 0.3) is 0 Å². The van der Waals surface area contributed by atoms with Crippen molar-refractivity contribution in [1.29, 1.82) is 0 Å². The Morgan fingerprint density at radius 3 is 2.82 bits per heavy atom. The number of aliphatic carboxylic acids is 1. The smallest absolute Gasteiger partial charge is 0.303 e. The third-order valence-electron chi connectivity index (χ3n) is 2.14. The van der Waals surface area contributed by atoms with Gasteiger partial charge in [0.25, 0.3) is 0 Å². The number of benzene rings is 1. The molecule has 94 valence electrons. The lowest BCUT2D eigenvalue weighted by Crippen LogP contribution is -2.03. The lowest BCUT2D eigenvalue weighted by Gasteiger charge is -2.13. The molecule has 0 bridgehead atoms. The molecule has 0 aliphatic heterocycles. The van der Waals surface area contributed by atoms with Gasteiger partial charge in [0.1, 0.15) is 5.75 Å². The quantitative estimate of drug-likeness (QED) is 0.864. The molecule has 0 saturated carbocycles. The highest BCUT2D eigenvalue weighted by Crippen LogP contribution is 2.33. The average molecular weight is 322 g/mol. The van der Waals surface area contributed by atoms with E-state index in [0.717, 1.165) is 16.5 Å². The van der Waals surface area contributed by atoms with Crippen molar-refractivity contribution in [2.75, 3.05) is 6.61 Å². The summed E-state index contributed by atoms with van der Waals surface area (Å²) in [5, 5.41) is 9.27. The SMILES string of the molecule is CCCOc1c(Br)cc(Cl)cc1CCC(=O)O. The summed E-state index contributed by atoms with van der Waals surface area (Å²) >= 11 is 9.32. The van der Waals surface area contributed by atoms with Gasteiger partial charge in [-0.05, 0) is 46.5 Å². The van der Waals surface area contributed by atoms with Crippen LogP contribution < -0.4 is 4.74 Å². The number of ether oxygens (including phenoxy) is 1. The van der Waals surface area contributed by atoms with Gasteiger partial charge < -0.3 is 9.84 Å². The molecule has 5 heteroatoms. The van der Waals surface area contributed by atoms with E-state index in [2.05, 4.69) is 15.9 Å². The molecular formula is C12H14BrClO3. The standard InChI is InChI=1S/C12H14BrClO3/c1-2-5-17-12-8(3-4-11(15)16)6-9(14)7-10(12)13/h6-7H,2-5H2,1H3,(H,15,16). The van der Waals surface area contributed by atoms with E-state index in [1.54, 1.807) is 12.1 Å². The molecule has 1 N–H and O–H groups in total. The second-order valence-electron chi connectivity index (χ2n) is 3.62. The summed E-state index contributed by atoms with van der Waals surface area (Å²) in [6.45, 7) is 2.61. The summed E-state index contributed by atoms with van der Waals surface area (Å²) in [4.78, 5) is 10.6. The first kappa shape index (κ1) is 14.3. The molecule has 0 fully saturated rings. The Labute approximate surface area is 114 Å². The van der Waals surface area contributed by atoms with E-state index >= 15 is 0 Å². The van der Waals surface area contributed by atoms with Gasteiger partial charge in [0, 0.05) is 11.4 Å². The molecule has 0 aromatic heterocycles. The van der Waals surface area contributed by atoms with Crippen LogP contribution in [0.15, 0.2) is 16.6 Å². The molecule has 1 rings (SSSR count). The number of aryl methyl sites for hydroxylation is 1. The molecule has 0 aliphatic rings. The Kier molecular flexibility index (Phi) is 5.78. The molecule has 0 amide bonds. The van der Waals surface area contributed by atoms with Gasteiger partial charge in [0.2, 0.25) is 0 Å². The van der Waals surface area contributed by atoms with Crippen molar-refractivity contribution in [2.45, 2.75) is 26.2 Å². The highest BCUT2D eigenvalue weighted by molar-refractivity contribution is 9.10. The van der Waals surface area contributed by atoms with Crippen molar-refractivity contribution in [3.8, 4) is 5.75 Å². The van der Waals surface area contributed by atoms with Gasteiger partial charge in [0.05, 0.1) is 11.1 Å². The van der Waals surface area contributed by atoms with Crippen LogP contribution in [0.2, 0.25) is 5.02 Å². The zero-order valence-corrected chi connectivity index (χ0v) is 11.8. The summed E-state index contributed by atoms with van der Waals surface area (Å²) in [6, 6.07) is 3.50. The topological polar surface area (TPSA) is 46.5 Å². The number of carboxylic acids is 1. The minimum Gasteiger partial charge on any atom is -0.492 e. The molecule has 3 nitrogen and oxygen atoms in total. The van der Waals surface area contributed by atoms with Gasteiger partial charge in [-0.15, -0.1) is 0 Å². The minimum absolute atomic E-state index is 0.0647. The van der Waals surface area contributed by atoms with Crippen LogP contribution in [0.3, 0.4) is 0 Å². The number of hydrogen-bond acceptors (Lipinski definition) is 2. The summed E-state index contributed by atoms with van der Waals surface area (Å²) in [5.41, 5.74) is 0.820. The second kappa shape index (κ2) is 6.87. The molecule has 0 saturated heterocycles. The highest BCUT2D eigenvalue weighted by atomic mass is 79.9. The van der Waals surface area contributed by atoms with Crippen molar-refractivity contribution in [1.82, 2.24) is 0 Å². The lowest BCUT2D eigenvalue weighted by molar-refractivity contribution is -0.136. The van der Waals surface area contributed by atoms with Gasteiger partial charge in [-0.25, -0.2) is 0 Å². The Morgan fingerprint density at radius 2 is 2.24 bits per heavy atom. The number of carbonyl (C=O) groups is 1. The normalized spacial score (nSPS) is 10.3. The largest absolute Gasteiger partial charge is 0.492 e. The van der Waals surface area contributed by atoms with Crippen LogP contribution in [0, 0.1) is 0 Å². The first-order valence-electron chi connectivity index (χ1n) is 5.37. The van der Waals surface area contributed by atoms with Gasteiger partial charge in [-0.2, -0.15) is 0 Å². The Bertz CT molecular complexity index is 407. The fourth-order valence-corrected chi connectivity index (χ4v) is 2.40. The maximum absolute atomic E-state index is 10.6. The fraction of sp³-hybridized carbons (Fsp3) is 0.417. The van der Waals surface area contributed by atoms with Crippen LogP contribution in [-0.4, -0.2) is 17.7 Å². The minimum atomic E-state index is -0.831. The molecular weight excluding hydrogens is 307 g/mol. The Balaban J connectivity index is 2.93. The molecule has 1 aromatic carbocycles. The summed E-state index contributed by atoms with van der Waals surface area (Å²) < 4.78 is 6.37. The van der Waals surface area contributed by atoms with Crippen molar-refractivity contribution in [3.05, 3.63) is 27.2 Å². The molecule has 0 heterocycles.